The Bertz CT molecular complexity index is 789. The SMILES string of the molecule is CCCCCCN(C(=O)C(NC(=O)OC(C)(C)C)C(C)C)C(C(=O)NCCCCC)c1ccccc1. The van der Waals surface area contributed by atoms with Crippen LogP contribution in [0.4, 0.5) is 4.79 Å². The van der Waals surface area contributed by atoms with E-state index >= 15 is 0 Å². The molecule has 2 N–H and O–H groups in total. The van der Waals surface area contributed by atoms with Crippen LogP contribution in [0.25, 0.3) is 0 Å². The van der Waals surface area contributed by atoms with Crippen molar-refractivity contribution in [3.05, 3.63) is 35.9 Å². The summed E-state index contributed by atoms with van der Waals surface area (Å²) in [6, 6.07) is 7.83. The number of amides is 3. The summed E-state index contributed by atoms with van der Waals surface area (Å²) in [5.74, 6) is -0.655. The molecule has 1 rings (SSSR count). The molecule has 0 fully saturated rings. The van der Waals surface area contributed by atoms with E-state index in [0.29, 0.717) is 13.1 Å². The van der Waals surface area contributed by atoms with Crippen LogP contribution < -0.4 is 10.6 Å². The van der Waals surface area contributed by atoms with Crippen molar-refractivity contribution in [3.63, 3.8) is 0 Å². The summed E-state index contributed by atoms with van der Waals surface area (Å²) in [7, 11) is 0. The topological polar surface area (TPSA) is 87.7 Å². The molecule has 0 aliphatic rings. The lowest BCUT2D eigenvalue weighted by Crippen LogP contribution is -2.55. The molecule has 0 radical (unpaired) electrons. The summed E-state index contributed by atoms with van der Waals surface area (Å²) in [5.41, 5.74) is 0.0773. The van der Waals surface area contributed by atoms with Gasteiger partial charge in [-0.05, 0) is 45.1 Å². The van der Waals surface area contributed by atoms with Gasteiger partial charge in [-0.3, -0.25) is 9.59 Å². The molecule has 2 unspecified atom stereocenters. The first-order chi connectivity index (χ1) is 17.0. The highest BCUT2D eigenvalue weighted by molar-refractivity contribution is 5.92. The number of nitrogens with one attached hydrogen (secondary N) is 2. The fourth-order valence-electron chi connectivity index (χ4n) is 3.99. The molecule has 0 aliphatic heterocycles. The number of carbonyl (C=O) groups is 3. The standard InChI is InChI=1S/C29H49N3O4/c1-8-10-12-17-21-32(27(34)24(22(3)4)31-28(35)36-29(5,6)7)25(23-18-14-13-15-19-23)26(33)30-20-16-11-9-2/h13-15,18-19,22,24-25H,8-12,16-17,20-21H2,1-7H3,(H,30,33)(H,31,35). The number of ether oxygens (including phenoxy) is 1. The smallest absolute Gasteiger partial charge is 0.408 e. The van der Waals surface area contributed by atoms with Crippen molar-refractivity contribution in [3.8, 4) is 0 Å². The number of unbranched alkanes of at least 4 members (excludes halogenated alkanes) is 5. The molecule has 0 saturated heterocycles. The van der Waals surface area contributed by atoms with Gasteiger partial charge in [0.25, 0.3) is 0 Å². The molecule has 0 bridgehead atoms. The summed E-state index contributed by atoms with van der Waals surface area (Å²) in [6.07, 6.45) is 6.23. The quantitative estimate of drug-likeness (QED) is 0.288. The highest BCUT2D eigenvalue weighted by atomic mass is 16.6. The lowest BCUT2D eigenvalue weighted by atomic mass is 9.98. The molecule has 0 aromatic heterocycles. The van der Waals surface area contributed by atoms with Crippen LogP contribution in [-0.2, 0) is 14.3 Å². The summed E-state index contributed by atoms with van der Waals surface area (Å²) in [6.45, 7) is 14.4. The van der Waals surface area contributed by atoms with Crippen molar-refractivity contribution < 1.29 is 19.1 Å². The van der Waals surface area contributed by atoms with E-state index in [1.807, 2.05) is 44.2 Å². The van der Waals surface area contributed by atoms with E-state index in [2.05, 4.69) is 24.5 Å². The first-order valence-corrected chi connectivity index (χ1v) is 13.6. The molecule has 2 atom stereocenters. The molecule has 0 aliphatic carbocycles. The second-order valence-electron chi connectivity index (χ2n) is 10.8. The minimum atomic E-state index is -0.815. The third-order valence-corrected chi connectivity index (χ3v) is 5.90. The largest absolute Gasteiger partial charge is 0.444 e. The van der Waals surface area contributed by atoms with Gasteiger partial charge in [0, 0.05) is 13.1 Å². The maximum Gasteiger partial charge on any atom is 0.408 e. The van der Waals surface area contributed by atoms with Crippen LogP contribution in [0.1, 0.15) is 105 Å². The van der Waals surface area contributed by atoms with Crippen LogP contribution in [0.3, 0.4) is 0 Å². The van der Waals surface area contributed by atoms with Crippen molar-refractivity contribution >= 4 is 17.9 Å². The maximum absolute atomic E-state index is 14.0. The Morgan fingerprint density at radius 1 is 0.917 bits per heavy atom. The molecular weight excluding hydrogens is 454 g/mol. The summed E-state index contributed by atoms with van der Waals surface area (Å²) in [4.78, 5) is 41.8. The molecule has 0 heterocycles. The number of hydrogen-bond donors (Lipinski definition) is 2. The highest BCUT2D eigenvalue weighted by Crippen LogP contribution is 2.25. The van der Waals surface area contributed by atoms with Crippen LogP contribution in [0, 0.1) is 5.92 Å². The monoisotopic (exact) mass is 503 g/mol. The lowest BCUT2D eigenvalue weighted by Gasteiger charge is -2.35. The van der Waals surface area contributed by atoms with Crippen LogP contribution in [0.5, 0.6) is 0 Å². The fraction of sp³-hybridized carbons (Fsp3) is 0.690. The molecule has 1 aromatic carbocycles. The third kappa shape index (κ3) is 11.4. The molecule has 0 spiro atoms. The van der Waals surface area contributed by atoms with Crippen molar-refractivity contribution in [2.75, 3.05) is 13.1 Å². The van der Waals surface area contributed by atoms with Crippen molar-refractivity contribution in [1.82, 2.24) is 15.5 Å². The van der Waals surface area contributed by atoms with Crippen LogP contribution in [-0.4, -0.2) is 47.5 Å². The Morgan fingerprint density at radius 3 is 2.08 bits per heavy atom. The van der Waals surface area contributed by atoms with Gasteiger partial charge >= 0.3 is 6.09 Å². The highest BCUT2D eigenvalue weighted by Gasteiger charge is 2.37. The normalized spacial score (nSPS) is 13.1. The zero-order chi connectivity index (χ0) is 27.1. The van der Waals surface area contributed by atoms with Gasteiger partial charge in [0.1, 0.15) is 17.7 Å². The number of hydrogen-bond acceptors (Lipinski definition) is 4. The predicted octanol–water partition coefficient (Wildman–Crippen LogP) is 5.99. The van der Waals surface area contributed by atoms with Gasteiger partial charge in [0.05, 0.1) is 0 Å². The summed E-state index contributed by atoms with van der Waals surface area (Å²) >= 11 is 0. The Hall–Kier alpha value is -2.57. The second-order valence-corrected chi connectivity index (χ2v) is 10.8. The van der Waals surface area contributed by atoms with Crippen molar-refractivity contribution in [1.29, 1.82) is 0 Å². The molecule has 36 heavy (non-hydrogen) atoms. The van der Waals surface area contributed by atoms with Crippen LogP contribution >= 0.6 is 0 Å². The van der Waals surface area contributed by atoms with E-state index in [0.717, 1.165) is 50.5 Å². The maximum atomic E-state index is 14.0. The Balaban J connectivity index is 3.31. The van der Waals surface area contributed by atoms with Crippen molar-refractivity contribution in [2.45, 2.75) is 111 Å². The minimum absolute atomic E-state index is 0.188. The molecule has 3 amide bonds. The first-order valence-electron chi connectivity index (χ1n) is 13.6. The zero-order valence-electron chi connectivity index (χ0n) is 23.6. The predicted molar refractivity (Wildman–Crippen MR) is 146 cm³/mol. The number of benzene rings is 1. The third-order valence-electron chi connectivity index (χ3n) is 5.90. The fourth-order valence-corrected chi connectivity index (χ4v) is 3.99. The summed E-state index contributed by atoms with van der Waals surface area (Å²) in [5, 5.41) is 5.82. The van der Waals surface area contributed by atoms with Gasteiger partial charge in [-0.2, -0.15) is 0 Å². The van der Waals surface area contributed by atoms with E-state index in [-0.39, 0.29) is 17.7 Å². The lowest BCUT2D eigenvalue weighted by molar-refractivity contribution is -0.143. The number of carbonyl (C=O) groups excluding carboxylic acids is 3. The Labute approximate surface area is 218 Å². The van der Waals surface area contributed by atoms with Gasteiger partial charge in [0.15, 0.2) is 0 Å². The molecule has 7 heteroatoms. The molecular formula is C29H49N3O4. The van der Waals surface area contributed by atoms with E-state index in [9.17, 15) is 14.4 Å². The number of nitrogens with zero attached hydrogens (tertiary/aromatic N) is 1. The van der Waals surface area contributed by atoms with E-state index in [4.69, 9.17) is 4.74 Å². The van der Waals surface area contributed by atoms with Gasteiger partial charge in [-0.1, -0.05) is 90.1 Å². The second kappa shape index (κ2) is 16.2. The van der Waals surface area contributed by atoms with Crippen LogP contribution in [0.15, 0.2) is 30.3 Å². The average molecular weight is 504 g/mol. The van der Waals surface area contributed by atoms with Gasteiger partial charge in [-0.15, -0.1) is 0 Å². The minimum Gasteiger partial charge on any atom is -0.444 e. The first kappa shape index (κ1) is 31.5. The van der Waals surface area contributed by atoms with E-state index in [1.165, 1.54) is 0 Å². The molecule has 0 saturated carbocycles. The Morgan fingerprint density at radius 2 is 1.53 bits per heavy atom. The average Bonchev–Trinajstić information content (AvgIpc) is 2.81. The number of rotatable bonds is 15. The summed E-state index contributed by atoms with van der Waals surface area (Å²) < 4.78 is 5.43. The number of alkyl carbamates (subject to hydrolysis) is 1. The van der Waals surface area contributed by atoms with Gasteiger partial charge < -0.3 is 20.3 Å². The zero-order valence-corrected chi connectivity index (χ0v) is 23.6. The van der Waals surface area contributed by atoms with E-state index < -0.39 is 23.8 Å². The molecule has 204 valence electrons. The molecule has 7 nitrogen and oxygen atoms in total. The molecule has 1 aromatic rings. The van der Waals surface area contributed by atoms with Crippen LogP contribution in [0.2, 0.25) is 0 Å². The Kier molecular flexibility index (Phi) is 14.2. The van der Waals surface area contributed by atoms with Gasteiger partial charge in [0.2, 0.25) is 11.8 Å². The van der Waals surface area contributed by atoms with E-state index in [1.54, 1.807) is 25.7 Å². The van der Waals surface area contributed by atoms with Gasteiger partial charge in [-0.25, -0.2) is 4.79 Å². The van der Waals surface area contributed by atoms with Crippen molar-refractivity contribution in [2.24, 2.45) is 5.92 Å².